The van der Waals surface area contributed by atoms with E-state index in [1.54, 1.807) is 28.2 Å². The molecule has 0 aromatic carbocycles. The highest BCUT2D eigenvalue weighted by molar-refractivity contribution is 7.91. The van der Waals surface area contributed by atoms with Gasteiger partial charge in [-0.05, 0) is 13.3 Å². The molecule has 100 valence electrons. The van der Waals surface area contributed by atoms with E-state index in [2.05, 4.69) is 4.98 Å². The molecule has 1 aliphatic heterocycles. The van der Waals surface area contributed by atoms with E-state index in [9.17, 15) is 13.2 Å². The first-order chi connectivity index (χ1) is 8.52. The van der Waals surface area contributed by atoms with Crippen LogP contribution in [0.5, 0.6) is 0 Å². The fourth-order valence-corrected chi connectivity index (χ4v) is 4.02. The number of imidazole rings is 1. The highest BCUT2D eigenvalue weighted by Gasteiger charge is 2.33. The van der Waals surface area contributed by atoms with Crippen LogP contribution in [-0.2, 0) is 21.2 Å². The molecular weight excluding hydrogens is 254 g/mol. The van der Waals surface area contributed by atoms with Gasteiger partial charge in [-0.1, -0.05) is 0 Å². The van der Waals surface area contributed by atoms with Gasteiger partial charge in [-0.25, -0.2) is 13.4 Å². The van der Waals surface area contributed by atoms with Gasteiger partial charge in [0.15, 0.2) is 9.84 Å². The Bertz CT molecular complexity index is 510. The fraction of sp³-hybridized carbons (Fsp3) is 0.636. The Morgan fingerprint density at radius 3 is 2.83 bits per heavy atom. The summed E-state index contributed by atoms with van der Waals surface area (Å²) >= 11 is 0. The van der Waals surface area contributed by atoms with Crippen molar-refractivity contribution in [3.05, 3.63) is 18.7 Å². The van der Waals surface area contributed by atoms with E-state index in [0.29, 0.717) is 13.0 Å². The summed E-state index contributed by atoms with van der Waals surface area (Å²) in [6, 6.07) is -0.170. The minimum atomic E-state index is -2.96. The van der Waals surface area contributed by atoms with Gasteiger partial charge in [-0.2, -0.15) is 0 Å². The lowest BCUT2D eigenvalue weighted by Crippen LogP contribution is -2.42. The number of aromatic nitrogens is 2. The Morgan fingerprint density at radius 2 is 2.33 bits per heavy atom. The van der Waals surface area contributed by atoms with Crippen molar-refractivity contribution >= 4 is 15.7 Å². The van der Waals surface area contributed by atoms with Gasteiger partial charge in [0.05, 0.1) is 17.8 Å². The van der Waals surface area contributed by atoms with Gasteiger partial charge < -0.3 is 9.47 Å². The van der Waals surface area contributed by atoms with E-state index in [0.717, 1.165) is 0 Å². The van der Waals surface area contributed by atoms with Gasteiger partial charge in [0.25, 0.3) is 0 Å². The van der Waals surface area contributed by atoms with Gasteiger partial charge in [-0.3, -0.25) is 4.79 Å². The van der Waals surface area contributed by atoms with Gasteiger partial charge >= 0.3 is 0 Å². The number of amides is 1. The Labute approximate surface area is 107 Å². The standard InChI is InChI=1S/C11H17N3O3S/c1-2-14(10-3-6-18(16,17)8-10)11(15)7-13-5-4-12-9-13/h4-5,9-10H,2-3,6-8H2,1H3. The molecule has 0 bridgehead atoms. The summed E-state index contributed by atoms with van der Waals surface area (Å²) in [5, 5.41) is 0. The average molecular weight is 271 g/mol. The molecule has 1 aromatic rings. The number of nitrogens with zero attached hydrogens (tertiary/aromatic N) is 3. The van der Waals surface area contributed by atoms with Gasteiger partial charge in [0, 0.05) is 25.0 Å². The van der Waals surface area contributed by atoms with Crippen molar-refractivity contribution < 1.29 is 13.2 Å². The van der Waals surface area contributed by atoms with Gasteiger partial charge in [0.2, 0.25) is 5.91 Å². The number of rotatable bonds is 4. The van der Waals surface area contributed by atoms with Crippen molar-refractivity contribution in [2.24, 2.45) is 0 Å². The number of likely N-dealkylation sites (N-methyl/N-ethyl adjacent to an activating group) is 1. The number of hydrogen-bond acceptors (Lipinski definition) is 4. The minimum Gasteiger partial charge on any atom is -0.337 e. The van der Waals surface area contributed by atoms with Crippen LogP contribution in [0.4, 0.5) is 0 Å². The van der Waals surface area contributed by atoms with E-state index in [-0.39, 0.29) is 30.0 Å². The molecule has 1 fully saturated rings. The second-order valence-corrected chi connectivity index (χ2v) is 6.70. The molecule has 1 aromatic heterocycles. The smallest absolute Gasteiger partial charge is 0.242 e. The monoisotopic (exact) mass is 271 g/mol. The fourth-order valence-electron chi connectivity index (χ4n) is 2.29. The highest BCUT2D eigenvalue weighted by atomic mass is 32.2. The zero-order valence-electron chi connectivity index (χ0n) is 10.3. The second-order valence-electron chi connectivity index (χ2n) is 4.47. The highest BCUT2D eigenvalue weighted by Crippen LogP contribution is 2.18. The molecule has 1 amide bonds. The number of sulfone groups is 1. The third-order valence-electron chi connectivity index (χ3n) is 3.19. The van der Waals surface area contributed by atoms with Crippen LogP contribution in [0.15, 0.2) is 18.7 Å². The van der Waals surface area contributed by atoms with Crippen molar-refractivity contribution in [3.63, 3.8) is 0 Å². The summed E-state index contributed by atoms with van der Waals surface area (Å²) in [7, 11) is -2.96. The number of carbonyl (C=O) groups is 1. The lowest BCUT2D eigenvalue weighted by atomic mass is 10.2. The maximum absolute atomic E-state index is 12.1. The maximum Gasteiger partial charge on any atom is 0.242 e. The topological polar surface area (TPSA) is 72.3 Å². The lowest BCUT2D eigenvalue weighted by molar-refractivity contribution is -0.133. The van der Waals surface area contributed by atoms with Crippen LogP contribution in [-0.4, -0.2) is 52.9 Å². The molecule has 0 spiro atoms. The summed E-state index contributed by atoms with van der Waals surface area (Å²) in [5.41, 5.74) is 0. The zero-order valence-corrected chi connectivity index (χ0v) is 11.1. The van der Waals surface area contributed by atoms with Crippen LogP contribution >= 0.6 is 0 Å². The molecule has 7 heteroatoms. The van der Waals surface area contributed by atoms with E-state index in [1.807, 2.05) is 6.92 Å². The largest absolute Gasteiger partial charge is 0.337 e. The molecule has 2 rings (SSSR count). The van der Waals surface area contributed by atoms with E-state index < -0.39 is 9.84 Å². The van der Waals surface area contributed by atoms with E-state index >= 15 is 0 Å². The van der Waals surface area contributed by atoms with Crippen LogP contribution in [0, 0.1) is 0 Å². The number of carbonyl (C=O) groups excluding carboxylic acids is 1. The molecule has 2 heterocycles. The van der Waals surface area contributed by atoms with Crippen molar-refractivity contribution in [2.75, 3.05) is 18.1 Å². The molecular formula is C11H17N3O3S. The molecule has 1 unspecified atom stereocenters. The van der Waals surface area contributed by atoms with Crippen LogP contribution < -0.4 is 0 Å². The molecule has 1 aliphatic rings. The van der Waals surface area contributed by atoms with Crippen LogP contribution in [0.3, 0.4) is 0 Å². The SMILES string of the molecule is CCN(C(=O)Cn1ccnc1)C1CCS(=O)(=O)C1. The second kappa shape index (κ2) is 5.09. The van der Waals surface area contributed by atoms with Crippen molar-refractivity contribution in [1.29, 1.82) is 0 Å². The first-order valence-electron chi connectivity index (χ1n) is 5.97. The molecule has 1 atom stereocenters. The van der Waals surface area contributed by atoms with Crippen molar-refractivity contribution in [3.8, 4) is 0 Å². The van der Waals surface area contributed by atoms with Gasteiger partial charge in [-0.15, -0.1) is 0 Å². The molecule has 18 heavy (non-hydrogen) atoms. The third-order valence-corrected chi connectivity index (χ3v) is 4.94. The summed E-state index contributed by atoms with van der Waals surface area (Å²) in [6.07, 6.45) is 5.46. The average Bonchev–Trinajstić information content (AvgIpc) is 2.89. The van der Waals surface area contributed by atoms with Crippen LogP contribution in [0.25, 0.3) is 0 Å². The Morgan fingerprint density at radius 1 is 1.56 bits per heavy atom. The summed E-state index contributed by atoms with van der Waals surface area (Å²) < 4.78 is 24.6. The zero-order chi connectivity index (χ0) is 13.2. The predicted molar refractivity (Wildman–Crippen MR) is 66.7 cm³/mol. The molecule has 1 saturated heterocycles. The van der Waals surface area contributed by atoms with Crippen LogP contribution in [0.1, 0.15) is 13.3 Å². The number of hydrogen-bond donors (Lipinski definition) is 0. The first kappa shape index (κ1) is 13.1. The lowest BCUT2D eigenvalue weighted by Gasteiger charge is -2.26. The summed E-state index contributed by atoms with van der Waals surface area (Å²) in [6.45, 7) is 2.62. The first-order valence-corrected chi connectivity index (χ1v) is 7.79. The summed E-state index contributed by atoms with van der Waals surface area (Å²) in [4.78, 5) is 17.7. The van der Waals surface area contributed by atoms with Crippen molar-refractivity contribution in [2.45, 2.75) is 25.9 Å². The van der Waals surface area contributed by atoms with Gasteiger partial charge in [0.1, 0.15) is 6.54 Å². The molecule has 6 nitrogen and oxygen atoms in total. The third kappa shape index (κ3) is 2.90. The normalized spacial score (nSPS) is 21.9. The quantitative estimate of drug-likeness (QED) is 0.768. The molecule has 0 N–H and O–H groups in total. The van der Waals surface area contributed by atoms with E-state index in [4.69, 9.17) is 0 Å². The van der Waals surface area contributed by atoms with E-state index in [1.165, 1.54) is 0 Å². The Hall–Kier alpha value is -1.37. The summed E-state index contributed by atoms with van der Waals surface area (Å²) in [5.74, 6) is 0.223. The molecule has 0 saturated carbocycles. The molecule has 0 aliphatic carbocycles. The predicted octanol–water partition coefficient (Wildman–Crippen LogP) is -0.0813. The Balaban J connectivity index is 2.03. The Kier molecular flexibility index (Phi) is 3.70. The molecule has 0 radical (unpaired) electrons. The van der Waals surface area contributed by atoms with Crippen LogP contribution in [0.2, 0.25) is 0 Å². The maximum atomic E-state index is 12.1. The minimum absolute atomic E-state index is 0.0578. The van der Waals surface area contributed by atoms with Crippen molar-refractivity contribution in [1.82, 2.24) is 14.5 Å².